The van der Waals surface area contributed by atoms with Crippen LogP contribution in [0.3, 0.4) is 0 Å². The van der Waals surface area contributed by atoms with Crippen molar-refractivity contribution in [1.82, 2.24) is 10.2 Å². The molecule has 1 aliphatic carbocycles. The molecule has 1 aliphatic heterocycles. The molecule has 3 rings (SSSR count). The van der Waals surface area contributed by atoms with Gasteiger partial charge in [-0.05, 0) is 64.4 Å². The predicted molar refractivity (Wildman–Crippen MR) is 103 cm³/mol. The van der Waals surface area contributed by atoms with Crippen molar-refractivity contribution in [2.24, 2.45) is 11.7 Å². The van der Waals surface area contributed by atoms with E-state index in [-0.39, 0.29) is 0 Å². The fraction of sp³-hybridized carbons (Fsp3) is 0.737. The molecule has 1 fully saturated rings. The van der Waals surface area contributed by atoms with Crippen LogP contribution >= 0.6 is 11.6 Å². The molecule has 0 unspecified atom stereocenters. The molecule has 0 aromatic carbocycles. The van der Waals surface area contributed by atoms with Crippen LogP contribution in [-0.2, 0) is 11.2 Å². The van der Waals surface area contributed by atoms with Crippen molar-refractivity contribution in [2.45, 2.75) is 77.4 Å². The number of halogens is 1. The summed E-state index contributed by atoms with van der Waals surface area (Å²) in [6.45, 7) is 6.90. The van der Waals surface area contributed by atoms with Crippen molar-refractivity contribution in [2.75, 3.05) is 11.4 Å². The average Bonchev–Trinajstić information content (AvgIpc) is 2.57. The molecule has 2 atom stereocenters. The Morgan fingerprint density at radius 1 is 1.31 bits per heavy atom. The monoisotopic (exact) mass is 380 g/mol. The lowest BCUT2D eigenvalue weighted by Gasteiger charge is -2.45. The van der Waals surface area contributed by atoms with E-state index < -0.39 is 11.7 Å². The zero-order valence-corrected chi connectivity index (χ0v) is 16.7. The Morgan fingerprint density at radius 2 is 2.04 bits per heavy atom. The summed E-state index contributed by atoms with van der Waals surface area (Å²) in [5, 5.41) is 9.12. The van der Waals surface area contributed by atoms with E-state index in [1.165, 1.54) is 18.4 Å². The summed E-state index contributed by atoms with van der Waals surface area (Å²) in [7, 11) is 0. The summed E-state index contributed by atoms with van der Waals surface area (Å²) in [6, 6.07) is 0.383. The summed E-state index contributed by atoms with van der Waals surface area (Å²) >= 11 is 6.19. The minimum absolute atomic E-state index is 0.383. The molecule has 1 amide bonds. The van der Waals surface area contributed by atoms with E-state index in [9.17, 15) is 4.79 Å². The number of aromatic nitrogens is 2. The van der Waals surface area contributed by atoms with Crippen LogP contribution in [0.4, 0.5) is 10.6 Å². The van der Waals surface area contributed by atoms with Crippen LogP contribution in [0.1, 0.15) is 63.5 Å². The fourth-order valence-electron chi connectivity index (χ4n) is 4.69. The van der Waals surface area contributed by atoms with E-state index in [2.05, 4.69) is 15.1 Å². The maximum atomic E-state index is 11.2. The maximum absolute atomic E-state index is 11.2. The van der Waals surface area contributed by atoms with Crippen LogP contribution in [0.25, 0.3) is 0 Å². The Bertz CT molecular complexity index is 680. The lowest BCUT2D eigenvalue weighted by atomic mass is 9.77. The smallest absolute Gasteiger partial charge is 0.405 e. The van der Waals surface area contributed by atoms with Gasteiger partial charge in [-0.1, -0.05) is 24.4 Å². The highest BCUT2D eigenvalue weighted by Gasteiger charge is 2.38. The van der Waals surface area contributed by atoms with E-state index in [1.54, 1.807) is 0 Å². The van der Waals surface area contributed by atoms with E-state index in [0.717, 1.165) is 50.0 Å². The van der Waals surface area contributed by atoms with Gasteiger partial charge in [-0.25, -0.2) is 4.79 Å². The second kappa shape index (κ2) is 7.59. The number of anilines is 1. The summed E-state index contributed by atoms with van der Waals surface area (Å²) in [4.78, 5) is 13.7. The van der Waals surface area contributed by atoms with Gasteiger partial charge in [-0.15, -0.1) is 10.2 Å². The zero-order chi connectivity index (χ0) is 18.9. The number of ether oxygens (including phenoxy) is 1. The molecule has 26 heavy (non-hydrogen) atoms. The first-order chi connectivity index (χ1) is 12.3. The average molecular weight is 381 g/mol. The molecule has 2 aliphatic rings. The number of nitrogens with two attached hydrogens (primary N) is 1. The second-order valence-corrected chi connectivity index (χ2v) is 8.57. The molecule has 0 bridgehead atoms. The molecule has 144 valence electrons. The van der Waals surface area contributed by atoms with Gasteiger partial charge < -0.3 is 15.4 Å². The second-order valence-electron chi connectivity index (χ2n) is 8.21. The number of hydrogen-bond donors (Lipinski definition) is 1. The van der Waals surface area contributed by atoms with Gasteiger partial charge in [-0.3, -0.25) is 0 Å². The van der Waals surface area contributed by atoms with E-state index in [4.69, 9.17) is 22.1 Å². The van der Waals surface area contributed by atoms with Crippen molar-refractivity contribution in [3.05, 3.63) is 16.3 Å². The van der Waals surface area contributed by atoms with Crippen LogP contribution in [0.15, 0.2) is 0 Å². The molecule has 1 aromatic rings. The Balaban J connectivity index is 1.85. The Labute approximate surface area is 160 Å². The molecule has 6 nitrogen and oxygen atoms in total. The van der Waals surface area contributed by atoms with Gasteiger partial charge >= 0.3 is 6.09 Å². The van der Waals surface area contributed by atoms with E-state index >= 15 is 0 Å². The highest BCUT2D eigenvalue weighted by molar-refractivity contribution is 6.30. The Kier molecular flexibility index (Phi) is 5.61. The lowest BCUT2D eigenvalue weighted by Crippen LogP contribution is -2.48. The highest BCUT2D eigenvalue weighted by atomic mass is 35.5. The molecule has 7 heteroatoms. The number of rotatable bonds is 4. The van der Waals surface area contributed by atoms with E-state index in [0.29, 0.717) is 17.1 Å². The van der Waals surface area contributed by atoms with Gasteiger partial charge in [0.05, 0.1) is 0 Å². The molecular weight excluding hydrogens is 352 g/mol. The molecule has 2 N–H and O–H groups in total. The van der Waals surface area contributed by atoms with Crippen LogP contribution in [-0.4, -0.2) is 34.5 Å². The number of hydrogen-bond acceptors (Lipinski definition) is 5. The number of carbonyl (C=O) groups excluding carboxylic acids is 1. The standard InChI is InChI=1S/C19H29ClN4O2/c1-12-14-8-6-10-24(17(14)23-22-16(12)20)15-9-5-4-7-13(15)11-19(2,3)26-18(21)25/h13,15H,4-11H2,1-3H3,(H2,21,25)/t13-,15-/m1/s1. The quantitative estimate of drug-likeness (QED) is 0.853. The largest absolute Gasteiger partial charge is 0.444 e. The first kappa shape index (κ1) is 19.2. The molecule has 0 saturated heterocycles. The number of fused-ring (bicyclic) bond motifs is 1. The number of primary amides is 1. The fourth-order valence-corrected chi connectivity index (χ4v) is 4.84. The first-order valence-corrected chi connectivity index (χ1v) is 9.93. The normalized spacial score (nSPS) is 23.5. The topological polar surface area (TPSA) is 81.3 Å². The molecule has 1 saturated carbocycles. The minimum Gasteiger partial charge on any atom is -0.444 e. The molecular formula is C19H29ClN4O2. The van der Waals surface area contributed by atoms with Crippen LogP contribution < -0.4 is 10.6 Å². The predicted octanol–water partition coefficient (Wildman–Crippen LogP) is 4.01. The summed E-state index contributed by atoms with van der Waals surface area (Å²) in [5.41, 5.74) is 6.97. The number of amides is 1. The molecule has 0 radical (unpaired) electrons. The van der Waals surface area contributed by atoms with E-state index in [1.807, 2.05) is 20.8 Å². The van der Waals surface area contributed by atoms with Crippen LogP contribution in [0.2, 0.25) is 5.15 Å². The summed E-state index contributed by atoms with van der Waals surface area (Å²) in [5.74, 6) is 1.42. The van der Waals surface area contributed by atoms with Gasteiger partial charge in [0.2, 0.25) is 0 Å². The zero-order valence-electron chi connectivity index (χ0n) is 15.9. The Hall–Kier alpha value is -1.56. The Morgan fingerprint density at radius 3 is 2.77 bits per heavy atom. The summed E-state index contributed by atoms with van der Waals surface area (Å²) in [6.07, 6.45) is 6.86. The van der Waals surface area contributed by atoms with Gasteiger partial charge in [0.1, 0.15) is 5.60 Å². The van der Waals surface area contributed by atoms with Crippen molar-refractivity contribution in [3.8, 4) is 0 Å². The third-order valence-corrected chi connectivity index (χ3v) is 6.12. The highest BCUT2D eigenvalue weighted by Crippen LogP contribution is 2.40. The van der Waals surface area contributed by atoms with Gasteiger partial charge in [0, 0.05) is 18.2 Å². The van der Waals surface area contributed by atoms with Crippen molar-refractivity contribution < 1.29 is 9.53 Å². The molecule has 1 aromatic heterocycles. The molecule has 2 heterocycles. The van der Waals surface area contributed by atoms with Crippen molar-refractivity contribution in [1.29, 1.82) is 0 Å². The number of nitrogens with zero attached hydrogens (tertiary/aromatic N) is 3. The minimum atomic E-state index is -0.707. The van der Waals surface area contributed by atoms with Crippen molar-refractivity contribution >= 4 is 23.5 Å². The van der Waals surface area contributed by atoms with Crippen molar-refractivity contribution in [3.63, 3.8) is 0 Å². The van der Waals surface area contributed by atoms with Crippen LogP contribution in [0.5, 0.6) is 0 Å². The number of carbonyl (C=O) groups is 1. The maximum Gasteiger partial charge on any atom is 0.405 e. The van der Waals surface area contributed by atoms with Gasteiger partial charge in [0.15, 0.2) is 11.0 Å². The third-order valence-electron chi connectivity index (χ3n) is 5.76. The third kappa shape index (κ3) is 4.05. The first-order valence-electron chi connectivity index (χ1n) is 9.55. The van der Waals surface area contributed by atoms with Crippen LogP contribution in [0, 0.1) is 12.8 Å². The summed E-state index contributed by atoms with van der Waals surface area (Å²) < 4.78 is 5.36. The van der Waals surface area contributed by atoms with Gasteiger partial charge in [0.25, 0.3) is 0 Å². The molecule has 0 spiro atoms. The lowest BCUT2D eigenvalue weighted by molar-refractivity contribution is 0.0184. The SMILES string of the molecule is Cc1c(Cl)nnc2c1CCCN2[C@@H]1CCCC[C@@H]1CC(C)(C)OC(N)=O. The van der Waals surface area contributed by atoms with Gasteiger partial charge in [-0.2, -0.15) is 0 Å².